The largest absolute Gasteiger partial charge is 0.481 e. The van der Waals surface area contributed by atoms with Crippen LogP contribution in [0, 0.1) is 6.92 Å². The van der Waals surface area contributed by atoms with Crippen molar-refractivity contribution in [3.8, 4) is 16.9 Å². The van der Waals surface area contributed by atoms with Gasteiger partial charge in [-0.05, 0) is 54.7 Å². The van der Waals surface area contributed by atoms with Crippen LogP contribution in [0.4, 0.5) is 4.79 Å². The first-order chi connectivity index (χ1) is 13.4. The van der Waals surface area contributed by atoms with Crippen molar-refractivity contribution in [1.82, 2.24) is 5.32 Å². The predicted molar refractivity (Wildman–Crippen MR) is 111 cm³/mol. The number of hydrogen-bond acceptors (Lipinski definition) is 3. The van der Waals surface area contributed by atoms with Crippen molar-refractivity contribution in [2.24, 2.45) is 0 Å². The van der Waals surface area contributed by atoms with Gasteiger partial charge in [0, 0.05) is 6.54 Å². The van der Waals surface area contributed by atoms with Gasteiger partial charge in [0.25, 0.3) is 0 Å². The molecule has 0 aliphatic carbocycles. The Labute approximate surface area is 166 Å². The van der Waals surface area contributed by atoms with Crippen LogP contribution < -0.4 is 10.1 Å². The Hall–Kier alpha value is -2.82. The molecular formula is C23H29NO4. The van der Waals surface area contributed by atoms with Gasteiger partial charge >= 0.3 is 12.1 Å². The van der Waals surface area contributed by atoms with Crippen molar-refractivity contribution in [1.29, 1.82) is 0 Å². The predicted octanol–water partition coefficient (Wildman–Crippen LogP) is 5.52. The summed E-state index contributed by atoms with van der Waals surface area (Å²) in [7, 11) is 0. The van der Waals surface area contributed by atoms with Crippen LogP contribution >= 0.6 is 0 Å². The highest BCUT2D eigenvalue weighted by Crippen LogP contribution is 2.29. The number of benzene rings is 2. The second kappa shape index (κ2) is 10.5. The molecule has 2 aromatic carbocycles. The number of nitrogens with one attached hydrogen (secondary N) is 1. The molecular weight excluding hydrogens is 354 g/mol. The summed E-state index contributed by atoms with van der Waals surface area (Å²) in [5.74, 6) is -0.919. The molecule has 2 rings (SSSR count). The molecule has 0 heterocycles. The van der Waals surface area contributed by atoms with Crippen LogP contribution in [-0.2, 0) is 4.79 Å². The van der Waals surface area contributed by atoms with E-state index < -0.39 is 18.0 Å². The number of unbranched alkanes of at least 4 members (excludes halogenated alkanes) is 3. The maximum absolute atomic E-state index is 12.0. The number of amides is 1. The summed E-state index contributed by atoms with van der Waals surface area (Å²) in [6.07, 6.45) is 3.93. The Morgan fingerprint density at radius 2 is 1.89 bits per heavy atom. The summed E-state index contributed by atoms with van der Waals surface area (Å²) in [4.78, 5) is 23.1. The van der Waals surface area contributed by atoms with Gasteiger partial charge in [-0.15, -0.1) is 0 Å². The molecule has 1 atom stereocenters. The van der Waals surface area contributed by atoms with E-state index in [1.165, 1.54) is 6.42 Å². The van der Waals surface area contributed by atoms with E-state index in [1.807, 2.05) is 43.3 Å². The molecule has 1 unspecified atom stereocenters. The minimum Gasteiger partial charge on any atom is -0.481 e. The van der Waals surface area contributed by atoms with Crippen LogP contribution in [0.2, 0.25) is 0 Å². The molecule has 0 spiro atoms. The van der Waals surface area contributed by atoms with Gasteiger partial charge in [0.1, 0.15) is 5.75 Å². The first-order valence-corrected chi connectivity index (χ1v) is 9.81. The van der Waals surface area contributed by atoms with E-state index in [0.717, 1.165) is 41.5 Å². The number of aliphatic carboxylic acids is 1. The Bertz CT molecular complexity index is 816. The van der Waals surface area contributed by atoms with Crippen LogP contribution in [0.1, 0.15) is 56.6 Å². The fourth-order valence-corrected chi connectivity index (χ4v) is 3.04. The molecule has 5 heteroatoms. The molecule has 0 saturated carbocycles. The molecule has 0 fully saturated rings. The number of carboxylic acid groups (broad SMARTS) is 1. The third-order valence-electron chi connectivity index (χ3n) is 4.78. The highest BCUT2D eigenvalue weighted by atomic mass is 16.6. The summed E-state index contributed by atoms with van der Waals surface area (Å²) >= 11 is 0. The number of carboxylic acids is 1. The standard InChI is InChI=1S/C23H29NO4/c1-4-5-6-7-13-24-23(27)28-20-10-8-9-19(15-20)21-12-11-18(14-16(21)2)17(3)22(25)26/h8-12,14-15,17H,4-7,13H2,1-3H3,(H,24,27)(H,25,26). The molecule has 0 radical (unpaired) electrons. The lowest BCUT2D eigenvalue weighted by molar-refractivity contribution is -0.138. The van der Waals surface area contributed by atoms with Gasteiger partial charge in [0.2, 0.25) is 0 Å². The van der Waals surface area contributed by atoms with Crippen LogP contribution in [0.25, 0.3) is 11.1 Å². The lowest BCUT2D eigenvalue weighted by Crippen LogP contribution is -2.27. The molecule has 2 N–H and O–H groups in total. The number of hydrogen-bond donors (Lipinski definition) is 2. The Morgan fingerprint density at radius 3 is 2.57 bits per heavy atom. The average molecular weight is 383 g/mol. The Kier molecular flexibility index (Phi) is 8.05. The van der Waals surface area contributed by atoms with E-state index in [-0.39, 0.29) is 0 Å². The summed E-state index contributed by atoms with van der Waals surface area (Å²) in [6.45, 7) is 6.38. The number of carbonyl (C=O) groups excluding carboxylic acids is 1. The fourth-order valence-electron chi connectivity index (χ4n) is 3.04. The van der Waals surface area contributed by atoms with Crippen molar-refractivity contribution in [2.75, 3.05) is 6.54 Å². The van der Waals surface area contributed by atoms with E-state index in [0.29, 0.717) is 12.3 Å². The van der Waals surface area contributed by atoms with Gasteiger partial charge in [-0.3, -0.25) is 4.79 Å². The quantitative estimate of drug-likeness (QED) is 0.559. The maximum atomic E-state index is 12.0. The molecule has 28 heavy (non-hydrogen) atoms. The van der Waals surface area contributed by atoms with Crippen molar-refractivity contribution in [2.45, 2.75) is 52.4 Å². The van der Waals surface area contributed by atoms with Crippen molar-refractivity contribution in [3.05, 3.63) is 53.6 Å². The molecule has 0 bridgehead atoms. The van der Waals surface area contributed by atoms with E-state index >= 15 is 0 Å². The second-order valence-corrected chi connectivity index (χ2v) is 7.04. The number of carbonyl (C=O) groups is 2. The second-order valence-electron chi connectivity index (χ2n) is 7.04. The minimum atomic E-state index is -0.844. The zero-order valence-corrected chi connectivity index (χ0v) is 16.8. The molecule has 0 aliphatic heterocycles. The third-order valence-corrected chi connectivity index (χ3v) is 4.78. The number of rotatable bonds is 9. The topological polar surface area (TPSA) is 75.6 Å². The summed E-state index contributed by atoms with van der Waals surface area (Å²) in [6, 6.07) is 13.0. The lowest BCUT2D eigenvalue weighted by atomic mass is 9.93. The normalized spacial score (nSPS) is 11.7. The van der Waals surface area contributed by atoms with Crippen molar-refractivity contribution in [3.63, 3.8) is 0 Å². The smallest absolute Gasteiger partial charge is 0.412 e. The zero-order chi connectivity index (χ0) is 20.5. The Balaban J connectivity index is 2.04. The summed E-state index contributed by atoms with van der Waals surface area (Å²) in [5, 5.41) is 12.0. The van der Waals surface area contributed by atoms with E-state index in [1.54, 1.807) is 13.0 Å². The monoisotopic (exact) mass is 383 g/mol. The fraction of sp³-hybridized carbons (Fsp3) is 0.391. The van der Waals surface area contributed by atoms with Crippen LogP contribution in [-0.4, -0.2) is 23.7 Å². The molecule has 0 aliphatic rings. The summed E-state index contributed by atoms with van der Waals surface area (Å²) < 4.78 is 5.39. The van der Waals surface area contributed by atoms with Gasteiger partial charge in [0.05, 0.1) is 5.92 Å². The van der Waals surface area contributed by atoms with E-state index in [2.05, 4.69) is 12.2 Å². The molecule has 0 aromatic heterocycles. The summed E-state index contributed by atoms with van der Waals surface area (Å²) in [5.41, 5.74) is 3.64. The maximum Gasteiger partial charge on any atom is 0.412 e. The minimum absolute atomic E-state index is 0.448. The van der Waals surface area contributed by atoms with Gasteiger partial charge in [-0.1, -0.05) is 56.5 Å². The van der Waals surface area contributed by atoms with Gasteiger partial charge < -0.3 is 15.2 Å². The van der Waals surface area contributed by atoms with Crippen LogP contribution in [0.15, 0.2) is 42.5 Å². The highest BCUT2D eigenvalue weighted by Gasteiger charge is 2.15. The van der Waals surface area contributed by atoms with E-state index in [4.69, 9.17) is 4.74 Å². The number of ether oxygens (including phenoxy) is 1. The van der Waals surface area contributed by atoms with Crippen molar-refractivity contribution >= 4 is 12.1 Å². The first kappa shape index (κ1) is 21.5. The van der Waals surface area contributed by atoms with Gasteiger partial charge in [0.15, 0.2) is 0 Å². The van der Waals surface area contributed by atoms with E-state index in [9.17, 15) is 14.7 Å². The average Bonchev–Trinajstić information content (AvgIpc) is 2.67. The first-order valence-electron chi connectivity index (χ1n) is 9.81. The van der Waals surface area contributed by atoms with Crippen LogP contribution in [0.5, 0.6) is 5.75 Å². The molecule has 0 saturated heterocycles. The third kappa shape index (κ3) is 6.12. The molecule has 2 aromatic rings. The van der Waals surface area contributed by atoms with Crippen LogP contribution in [0.3, 0.4) is 0 Å². The Morgan fingerprint density at radius 1 is 1.11 bits per heavy atom. The lowest BCUT2D eigenvalue weighted by Gasteiger charge is -2.13. The molecule has 1 amide bonds. The van der Waals surface area contributed by atoms with Gasteiger partial charge in [-0.2, -0.15) is 0 Å². The van der Waals surface area contributed by atoms with Crippen molar-refractivity contribution < 1.29 is 19.4 Å². The SMILES string of the molecule is CCCCCCNC(=O)Oc1cccc(-c2ccc(C(C)C(=O)O)cc2C)c1. The molecule has 5 nitrogen and oxygen atoms in total. The zero-order valence-electron chi connectivity index (χ0n) is 16.8. The number of aryl methyl sites for hydroxylation is 1. The highest BCUT2D eigenvalue weighted by molar-refractivity contribution is 5.77. The van der Waals surface area contributed by atoms with Gasteiger partial charge in [-0.25, -0.2) is 4.79 Å². The molecule has 150 valence electrons.